The zero-order chi connectivity index (χ0) is 57.2. The first kappa shape index (κ1) is 19.2. The van der Waals surface area contributed by atoms with Gasteiger partial charge in [0, 0.05) is 75.5 Å². The van der Waals surface area contributed by atoms with Crippen LogP contribution in [0.25, 0.3) is 22.0 Å². The Kier molecular flexibility index (Phi) is 6.03. The highest BCUT2D eigenvalue weighted by atomic mass is 32.2. The van der Waals surface area contributed by atoms with Crippen LogP contribution in [0.3, 0.4) is 0 Å². The minimum atomic E-state index is -4.93. The molecule has 1 aromatic heterocycles. The van der Waals surface area contributed by atoms with Crippen molar-refractivity contribution in [2.24, 2.45) is 0 Å². The molecule has 0 saturated carbocycles. The highest BCUT2D eigenvalue weighted by Gasteiger charge is 2.31. The molecule has 0 N–H and O–H groups in total. The quantitative estimate of drug-likeness (QED) is 0.0939. The smallest absolute Gasteiger partial charge is 0.383 e. The summed E-state index contributed by atoms with van der Waals surface area (Å²) in [5.74, 6) is -6.49. The zero-order valence-corrected chi connectivity index (χ0v) is 27.9. The van der Waals surface area contributed by atoms with Crippen molar-refractivity contribution in [1.82, 2.24) is 14.4 Å². The lowest BCUT2D eigenvalue weighted by molar-refractivity contribution is -0.137. The molecule has 0 atom stereocenters. The Labute approximate surface area is 340 Å². The Bertz CT molecular complexity index is 3110. The Morgan fingerprint density at radius 3 is 2.43 bits per heavy atom. The molecule has 1 fully saturated rings. The number of carbonyl (C=O) groups is 1. The molecule has 12 heteroatoms. The van der Waals surface area contributed by atoms with Gasteiger partial charge in [-0.2, -0.15) is 13.2 Å². The number of ether oxygens (including phenoxy) is 1. The van der Waals surface area contributed by atoms with Crippen molar-refractivity contribution in [3.05, 3.63) is 135 Å². The molecular weight excluding hydrogens is 710 g/mol. The number of likely N-dealkylation sites (tertiary alicyclic amines) is 1. The molecule has 6 rings (SSSR count). The van der Waals surface area contributed by atoms with E-state index in [0.717, 1.165) is 55.5 Å². The van der Waals surface area contributed by atoms with E-state index >= 15 is 9.18 Å². The number of carbonyl (C=O) groups excluding carboxylic acids is 1. The van der Waals surface area contributed by atoms with E-state index < -0.39 is 172 Å². The Balaban J connectivity index is 1.72. The van der Waals surface area contributed by atoms with E-state index in [2.05, 4.69) is 4.74 Å². The third-order valence-electron chi connectivity index (χ3n) is 7.36. The molecule has 0 radical (unpaired) electrons. The summed E-state index contributed by atoms with van der Waals surface area (Å²) in [5, 5.41) is -2.24. The van der Waals surface area contributed by atoms with Crippen LogP contribution in [0, 0.1) is 18.6 Å². The molecule has 5 aromatic rings. The predicted octanol–water partition coefficient (Wildman–Crippen LogP) is 8.71. The summed E-state index contributed by atoms with van der Waals surface area (Å²) in [5.41, 5.74) is -5.74. The van der Waals surface area contributed by atoms with Crippen LogP contribution < -0.4 is 5.43 Å². The van der Waals surface area contributed by atoms with Gasteiger partial charge in [0.15, 0.2) is 17.1 Å². The van der Waals surface area contributed by atoms with Crippen LogP contribution >= 0.6 is 11.8 Å². The van der Waals surface area contributed by atoms with E-state index in [1.807, 2.05) is 0 Å². The maximum Gasteiger partial charge on any atom is 0.416 e. The van der Waals surface area contributed by atoms with E-state index in [9.17, 15) is 34.7 Å². The van der Waals surface area contributed by atoms with Gasteiger partial charge in [-0.25, -0.2) is 8.78 Å². The summed E-state index contributed by atoms with van der Waals surface area (Å²) in [4.78, 5) is 28.1. The molecule has 0 unspecified atom stereocenters. The largest absolute Gasteiger partial charge is 0.416 e. The molecule has 1 amide bonds. The third-order valence-corrected chi connectivity index (χ3v) is 8.37. The number of fused-ring (bicyclic) bond motifs is 1. The van der Waals surface area contributed by atoms with E-state index in [-0.39, 0.29) is 27.5 Å². The van der Waals surface area contributed by atoms with Crippen LogP contribution in [0.2, 0.25) is 0 Å². The van der Waals surface area contributed by atoms with Gasteiger partial charge in [-0.05, 0) is 72.2 Å². The maximum absolute atomic E-state index is 15.8. The van der Waals surface area contributed by atoms with Crippen molar-refractivity contribution >= 4 is 28.6 Å². The molecule has 1 aliphatic heterocycles. The summed E-state index contributed by atoms with van der Waals surface area (Å²) in [6.45, 7) is -22.6. The second-order valence-electron chi connectivity index (χ2n) is 10.9. The molecule has 0 spiro atoms. The number of nitrogens with zero attached hydrogens (tertiary/aromatic N) is 3. The number of alkyl halides is 3. The lowest BCUT2D eigenvalue weighted by Gasteiger charge is -2.39. The minimum absolute atomic E-state index is 0.00243. The van der Waals surface area contributed by atoms with Crippen molar-refractivity contribution < 1.29 is 61.6 Å². The normalized spacial score (nSPS) is 25.7. The lowest BCUT2D eigenvalue weighted by atomic mass is 10.00. The highest BCUT2D eigenvalue weighted by Crippen LogP contribution is 2.32. The number of thioether (sulfide) groups is 1. The van der Waals surface area contributed by atoms with Crippen molar-refractivity contribution in [2.45, 2.75) is 55.6 Å². The van der Waals surface area contributed by atoms with Crippen LogP contribution in [0.5, 0.6) is 0 Å². The number of rotatable bonds is 12. The second-order valence-corrected chi connectivity index (χ2v) is 11.9. The van der Waals surface area contributed by atoms with Crippen molar-refractivity contribution in [3.8, 4) is 11.1 Å². The van der Waals surface area contributed by atoms with Gasteiger partial charge in [-0.3, -0.25) is 9.59 Å². The highest BCUT2D eigenvalue weighted by molar-refractivity contribution is 7.98. The monoisotopic (exact) mass is 771 g/mol. The number of halogens is 5. The van der Waals surface area contributed by atoms with E-state index in [4.69, 9.17) is 17.8 Å². The van der Waals surface area contributed by atoms with Gasteiger partial charge in [0.05, 0.1) is 39.2 Å². The van der Waals surface area contributed by atoms with Gasteiger partial charge in [0.25, 0.3) is 0 Å². The number of piperidine rings is 1. The average Bonchev–Trinajstić information content (AvgIpc) is 3.29. The number of benzene rings is 4. The molecular formula is C41H40F5N3O3S. The fourth-order valence-electron chi connectivity index (χ4n) is 4.79. The Hall–Kier alpha value is -4.52. The van der Waals surface area contributed by atoms with Crippen LogP contribution in [0.15, 0.2) is 101 Å². The Morgan fingerprint density at radius 1 is 1.06 bits per heavy atom. The second kappa shape index (κ2) is 16.7. The van der Waals surface area contributed by atoms with Crippen LogP contribution in [0.4, 0.5) is 22.0 Å². The first-order valence-corrected chi connectivity index (χ1v) is 16.2. The van der Waals surface area contributed by atoms with Gasteiger partial charge in [-0.15, -0.1) is 11.8 Å². The summed E-state index contributed by atoms with van der Waals surface area (Å²) in [6.07, 6.45) is -14.3. The molecule has 0 aliphatic carbocycles. The van der Waals surface area contributed by atoms with Gasteiger partial charge in [0.2, 0.25) is 5.91 Å². The standard InChI is InChI=1S/C41H40F5N3O3S/c1-27-6-15-34-36(22-27)49(39(23-37(34)50)53-26-31-4-3-5-35(42)40(31)43)25-38(51)48(33-16-18-47(19-17-33)20-21-52-2)24-28-7-9-29(10-8-28)30-11-13-32(14-12-30)41(44,45)46/h3-15,22-23,33H,16-21,24-26H2,1-2H3/i2D3,6D,15D,16D2,17D2,18D2,19D2,20D2,22D,23D,24D2,25D2,33D. The summed E-state index contributed by atoms with van der Waals surface area (Å²) < 4.78 is 270. The number of hydrogen-bond donors (Lipinski definition) is 0. The number of hydrogen-bond acceptors (Lipinski definition) is 5. The summed E-state index contributed by atoms with van der Waals surface area (Å²) in [7, 11) is -3.50. The van der Waals surface area contributed by atoms with Gasteiger partial charge in [0.1, 0.15) is 6.50 Å². The van der Waals surface area contributed by atoms with Crippen molar-refractivity contribution in [1.29, 1.82) is 0 Å². The van der Waals surface area contributed by atoms with Crippen LogP contribution in [-0.2, 0) is 34.5 Å². The SMILES string of the molecule is [2H]c1c(C)c([2H])c2c(c1[2H])c(=O)c([2H])c(SCc1cccc(F)c1F)n2C([2H])([2H])C(=O)N(C([2H])([2H])c1ccc(-c2ccc(C(F)(F)F)cc2)cc1)C1([2H])C([2H])([2H])C([2H])([2H])N(C([2H])([2H])COC([2H])([2H])[2H])C([2H])([2H])C1([2H])[2H]. The molecule has 53 heavy (non-hydrogen) atoms. The molecule has 1 saturated heterocycles. The van der Waals surface area contributed by atoms with Crippen molar-refractivity contribution in [2.75, 3.05) is 33.1 Å². The molecule has 0 bridgehead atoms. The van der Waals surface area contributed by atoms with Gasteiger partial charge < -0.3 is 19.1 Å². The maximum atomic E-state index is 15.8. The fourth-order valence-corrected chi connectivity index (χ4v) is 5.73. The minimum Gasteiger partial charge on any atom is -0.383 e. The van der Waals surface area contributed by atoms with Gasteiger partial charge >= 0.3 is 6.18 Å². The van der Waals surface area contributed by atoms with E-state index in [1.165, 1.54) is 0 Å². The topological polar surface area (TPSA) is 54.8 Å². The Morgan fingerprint density at radius 2 is 1.75 bits per heavy atom. The molecule has 4 aromatic carbocycles. The molecule has 278 valence electrons. The number of methoxy groups -OCH3 is 1. The van der Waals surface area contributed by atoms with Gasteiger partial charge in [-0.1, -0.05) is 54.6 Å². The molecule has 1 aliphatic rings. The molecule has 6 nitrogen and oxygen atoms in total. The van der Waals surface area contributed by atoms with Crippen LogP contribution in [-0.4, -0.2) is 59.4 Å². The molecule has 2 heterocycles. The number of amides is 1. The zero-order valence-electron chi connectivity index (χ0n) is 49.1. The lowest BCUT2D eigenvalue weighted by Crippen LogP contribution is -2.48. The third kappa shape index (κ3) is 9.17. The van der Waals surface area contributed by atoms with E-state index in [0.29, 0.717) is 18.2 Å². The summed E-state index contributed by atoms with van der Waals surface area (Å²) >= 11 is 0.103. The number of aromatic nitrogens is 1. The first-order valence-electron chi connectivity index (χ1n) is 26.2. The average molecular weight is 772 g/mol. The predicted molar refractivity (Wildman–Crippen MR) is 198 cm³/mol. The summed E-state index contributed by atoms with van der Waals surface area (Å²) in [6, 6.07) is 0.282. The number of pyridine rings is 1. The van der Waals surface area contributed by atoms with Crippen molar-refractivity contribution in [3.63, 3.8) is 0 Å². The first-order chi connectivity index (χ1) is 33.9. The van der Waals surface area contributed by atoms with Crippen LogP contribution in [0.1, 0.15) is 65.2 Å². The van der Waals surface area contributed by atoms with E-state index in [1.54, 1.807) is 0 Å². The fraction of sp³-hybridized carbons (Fsp3) is 0.317.